The van der Waals surface area contributed by atoms with Gasteiger partial charge in [0.05, 0.1) is 6.61 Å². The monoisotopic (exact) mass is 154 g/mol. The van der Waals surface area contributed by atoms with Gasteiger partial charge < -0.3 is 5.11 Å². The van der Waals surface area contributed by atoms with Gasteiger partial charge in [-0.15, -0.1) is 0 Å². The Balaban J connectivity index is 2.22. The topological polar surface area (TPSA) is 20.2 Å². The molecule has 1 heteroatoms. The summed E-state index contributed by atoms with van der Waals surface area (Å²) < 4.78 is 0. The van der Waals surface area contributed by atoms with Gasteiger partial charge in [-0.2, -0.15) is 0 Å². The van der Waals surface area contributed by atoms with Crippen LogP contribution in [0.2, 0.25) is 0 Å². The molecule has 0 heterocycles. The summed E-state index contributed by atoms with van der Waals surface area (Å²) in [6, 6.07) is 0. The molecule has 0 aromatic carbocycles. The van der Waals surface area contributed by atoms with E-state index in [0.717, 1.165) is 11.8 Å². The first kappa shape index (κ1) is 8.79. The summed E-state index contributed by atoms with van der Waals surface area (Å²) in [5.41, 5.74) is 0. The molecular formula is C10H18O. The van der Waals surface area contributed by atoms with Crippen molar-refractivity contribution in [3.8, 4) is 0 Å². The Morgan fingerprint density at radius 3 is 2.45 bits per heavy atom. The van der Waals surface area contributed by atoms with Crippen LogP contribution in [0.5, 0.6) is 0 Å². The van der Waals surface area contributed by atoms with Gasteiger partial charge >= 0.3 is 0 Å². The predicted octanol–water partition coefficient (Wildman–Crippen LogP) is 2.36. The zero-order valence-corrected chi connectivity index (χ0v) is 7.29. The summed E-state index contributed by atoms with van der Waals surface area (Å²) >= 11 is 0. The lowest BCUT2D eigenvalue weighted by molar-refractivity contribution is 0.322. The van der Waals surface area contributed by atoms with Crippen molar-refractivity contribution in [2.45, 2.75) is 32.6 Å². The molecule has 0 bridgehead atoms. The Kier molecular flexibility index (Phi) is 3.64. The Morgan fingerprint density at radius 2 is 1.91 bits per heavy atom. The van der Waals surface area contributed by atoms with E-state index in [-0.39, 0.29) is 6.61 Å². The third-order valence-electron chi connectivity index (χ3n) is 2.57. The van der Waals surface area contributed by atoms with Crippen LogP contribution in [0, 0.1) is 11.8 Å². The van der Waals surface area contributed by atoms with E-state index in [1.807, 2.05) is 6.08 Å². The zero-order valence-electron chi connectivity index (χ0n) is 7.29. The summed E-state index contributed by atoms with van der Waals surface area (Å²) in [7, 11) is 0. The SMILES string of the molecule is CC1CCC(/C=C/CO)CC1. The van der Waals surface area contributed by atoms with Gasteiger partial charge in [-0.05, 0) is 24.7 Å². The number of rotatable bonds is 2. The van der Waals surface area contributed by atoms with E-state index in [2.05, 4.69) is 13.0 Å². The Hall–Kier alpha value is -0.300. The number of allylic oxidation sites excluding steroid dienone is 1. The molecule has 0 atom stereocenters. The Labute approximate surface area is 69.1 Å². The minimum atomic E-state index is 0.200. The van der Waals surface area contributed by atoms with E-state index < -0.39 is 0 Å². The van der Waals surface area contributed by atoms with Crippen LogP contribution in [-0.4, -0.2) is 11.7 Å². The van der Waals surface area contributed by atoms with Gasteiger partial charge in [-0.1, -0.05) is 31.9 Å². The van der Waals surface area contributed by atoms with Crippen LogP contribution in [0.4, 0.5) is 0 Å². The second kappa shape index (κ2) is 4.55. The summed E-state index contributed by atoms with van der Waals surface area (Å²) in [6.07, 6.45) is 9.41. The van der Waals surface area contributed by atoms with Crippen molar-refractivity contribution < 1.29 is 5.11 Å². The molecule has 0 unspecified atom stereocenters. The smallest absolute Gasteiger partial charge is 0.0612 e. The van der Waals surface area contributed by atoms with Crippen LogP contribution < -0.4 is 0 Å². The molecule has 11 heavy (non-hydrogen) atoms. The second-order valence-corrected chi connectivity index (χ2v) is 3.63. The van der Waals surface area contributed by atoms with Crippen molar-refractivity contribution in [1.82, 2.24) is 0 Å². The molecule has 0 aromatic rings. The molecule has 1 aliphatic rings. The number of aliphatic hydroxyl groups excluding tert-OH is 1. The molecule has 1 saturated carbocycles. The van der Waals surface area contributed by atoms with Crippen molar-refractivity contribution in [2.75, 3.05) is 6.61 Å². The number of hydrogen-bond acceptors (Lipinski definition) is 1. The lowest BCUT2D eigenvalue weighted by Gasteiger charge is -2.23. The molecule has 0 aliphatic heterocycles. The van der Waals surface area contributed by atoms with E-state index in [9.17, 15) is 0 Å². The van der Waals surface area contributed by atoms with Crippen molar-refractivity contribution in [2.24, 2.45) is 11.8 Å². The van der Waals surface area contributed by atoms with Crippen molar-refractivity contribution in [3.63, 3.8) is 0 Å². The first-order valence-corrected chi connectivity index (χ1v) is 4.60. The van der Waals surface area contributed by atoms with Gasteiger partial charge in [-0.3, -0.25) is 0 Å². The highest BCUT2D eigenvalue weighted by atomic mass is 16.2. The summed E-state index contributed by atoms with van der Waals surface area (Å²) in [5, 5.41) is 8.56. The van der Waals surface area contributed by atoms with Crippen LogP contribution >= 0.6 is 0 Å². The van der Waals surface area contributed by atoms with E-state index in [4.69, 9.17) is 5.11 Å². The molecular weight excluding hydrogens is 136 g/mol. The maximum absolute atomic E-state index is 8.56. The van der Waals surface area contributed by atoms with Crippen LogP contribution in [0.3, 0.4) is 0 Å². The lowest BCUT2D eigenvalue weighted by Crippen LogP contribution is -2.10. The molecule has 1 nitrogen and oxygen atoms in total. The fraction of sp³-hybridized carbons (Fsp3) is 0.800. The highest BCUT2D eigenvalue weighted by Gasteiger charge is 2.15. The van der Waals surface area contributed by atoms with E-state index in [1.165, 1.54) is 25.7 Å². The molecule has 1 rings (SSSR count). The summed E-state index contributed by atoms with van der Waals surface area (Å²) in [4.78, 5) is 0. The highest BCUT2D eigenvalue weighted by Crippen LogP contribution is 2.28. The third kappa shape index (κ3) is 3.06. The van der Waals surface area contributed by atoms with Gasteiger partial charge in [0.1, 0.15) is 0 Å². The fourth-order valence-corrected chi connectivity index (χ4v) is 1.73. The van der Waals surface area contributed by atoms with Crippen molar-refractivity contribution in [1.29, 1.82) is 0 Å². The quantitative estimate of drug-likeness (QED) is 0.605. The number of hydrogen-bond donors (Lipinski definition) is 1. The highest BCUT2D eigenvalue weighted by molar-refractivity contribution is 4.90. The van der Waals surface area contributed by atoms with Gasteiger partial charge in [0, 0.05) is 0 Å². The van der Waals surface area contributed by atoms with Crippen LogP contribution in [0.15, 0.2) is 12.2 Å². The first-order valence-electron chi connectivity index (χ1n) is 4.60. The predicted molar refractivity (Wildman–Crippen MR) is 47.3 cm³/mol. The maximum Gasteiger partial charge on any atom is 0.0612 e. The molecule has 0 amide bonds. The standard InChI is InChI=1S/C10H18O/c1-9-4-6-10(7-5-9)3-2-8-11/h2-3,9-11H,4-8H2,1H3/b3-2+. The van der Waals surface area contributed by atoms with Gasteiger partial charge in [-0.25, -0.2) is 0 Å². The molecule has 0 radical (unpaired) electrons. The van der Waals surface area contributed by atoms with E-state index in [1.54, 1.807) is 0 Å². The van der Waals surface area contributed by atoms with Crippen LogP contribution in [0.25, 0.3) is 0 Å². The molecule has 1 N–H and O–H groups in total. The minimum absolute atomic E-state index is 0.200. The first-order chi connectivity index (χ1) is 5.33. The Bertz CT molecular complexity index is 121. The molecule has 64 valence electrons. The molecule has 0 aromatic heterocycles. The van der Waals surface area contributed by atoms with Crippen LogP contribution in [0.1, 0.15) is 32.6 Å². The average molecular weight is 154 g/mol. The van der Waals surface area contributed by atoms with Crippen molar-refractivity contribution in [3.05, 3.63) is 12.2 Å². The maximum atomic E-state index is 8.56. The largest absolute Gasteiger partial charge is 0.392 e. The molecule has 1 fully saturated rings. The summed E-state index contributed by atoms with van der Waals surface area (Å²) in [5.74, 6) is 1.67. The van der Waals surface area contributed by atoms with Gasteiger partial charge in [0.2, 0.25) is 0 Å². The fourth-order valence-electron chi connectivity index (χ4n) is 1.73. The van der Waals surface area contributed by atoms with E-state index in [0.29, 0.717) is 0 Å². The summed E-state index contributed by atoms with van der Waals surface area (Å²) in [6.45, 7) is 2.53. The van der Waals surface area contributed by atoms with Gasteiger partial charge in [0.15, 0.2) is 0 Å². The molecule has 0 saturated heterocycles. The Morgan fingerprint density at radius 1 is 1.27 bits per heavy atom. The second-order valence-electron chi connectivity index (χ2n) is 3.63. The third-order valence-corrected chi connectivity index (χ3v) is 2.57. The zero-order chi connectivity index (χ0) is 8.10. The average Bonchev–Trinajstić information content (AvgIpc) is 2.04. The minimum Gasteiger partial charge on any atom is -0.392 e. The lowest BCUT2D eigenvalue weighted by atomic mass is 9.83. The molecule has 0 spiro atoms. The number of aliphatic hydroxyl groups is 1. The normalized spacial score (nSPS) is 32.9. The van der Waals surface area contributed by atoms with E-state index >= 15 is 0 Å². The van der Waals surface area contributed by atoms with Crippen LogP contribution in [-0.2, 0) is 0 Å². The molecule has 1 aliphatic carbocycles. The van der Waals surface area contributed by atoms with Gasteiger partial charge in [0.25, 0.3) is 0 Å². The van der Waals surface area contributed by atoms with Crippen molar-refractivity contribution >= 4 is 0 Å².